The highest BCUT2D eigenvalue weighted by Crippen LogP contribution is 2.01. The van der Waals surface area contributed by atoms with E-state index in [0.29, 0.717) is 5.88 Å². The van der Waals surface area contributed by atoms with Crippen LogP contribution in [0.25, 0.3) is 0 Å². The number of aryl methyl sites for hydroxylation is 4. The smallest absolute Gasteiger partial charge is 0.110 e. The average molecular weight is 254 g/mol. The summed E-state index contributed by atoms with van der Waals surface area (Å²) in [6.07, 6.45) is 8.44. The summed E-state index contributed by atoms with van der Waals surface area (Å²) in [5.41, 5.74) is 1.01. The first-order chi connectivity index (χ1) is 8.29. The van der Waals surface area contributed by atoms with E-state index in [1.807, 2.05) is 34.9 Å². The van der Waals surface area contributed by atoms with Crippen LogP contribution in [-0.2, 0) is 26.4 Å². The van der Waals surface area contributed by atoms with E-state index in [1.165, 1.54) is 0 Å². The fourth-order valence-electron chi connectivity index (χ4n) is 1.66. The molecular formula is C11H16ClN5. The van der Waals surface area contributed by atoms with Crippen LogP contribution < -0.4 is 0 Å². The molecule has 2 aromatic rings. The molecule has 0 fully saturated rings. The van der Waals surface area contributed by atoms with Crippen LogP contribution in [0.3, 0.4) is 0 Å². The summed E-state index contributed by atoms with van der Waals surface area (Å²) in [6.45, 7) is 0.804. The molecule has 0 amide bonds. The van der Waals surface area contributed by atoms with Crippen LogP contribution in [0.4, 0.5) is 0 Å². The molecule has 0 saturated carbocycles. The third-order valence-electron chi connectivity index (χ3n) is 2.64. The zero-order chi connectivity index (χ0) is 12.1. The average Bonchev–Trinajstić information content (AvgIpc) is 2.93. The summed E-state index contributed by atoms with van der Waals surface area (Å²) in [4.78, 5) is 4.27. The second kappa shape index (κ2) is 5.82. The maximum Gasteiger partial charge on any atom is 0.110 e. The van der Waals surface area contributed by atoms with E-state index in [4.69, 9.17) is 11.6 Å². The van der Waals surface area contributed by atoms with Gasteiger partial charge in [0.15, 0.2) is 0 Å². The van der Waals surface area contributed by atoms with Crippen LogP contribution in [0, 0.1) is 0 Å². The van der Waals surface area contributed by atoms with E-state index < -0.39 is 0 Å². The molecule has 0 spiro atoms. The Morgan fingerprint density at radius 3 is 2.94 bits per heavy atom. The molecular weight excluding hydrogens is 238 g/mol. The van der Waals surface area contributed by atoms with Crippen molar-refractivity contribution in [3.63, 3.8) is 0 Å². The van der Waals surface area contributed by atoms with E-state index in [2.05, 4.69) is 15.3 Å². The normalized spacial score (nSPS) is 10.9. The maximum absolute atomic E-state index is 5.64. The van der Waals surface area contributed by atoms with Crippen molar-refractivity contribution in [1.82, 2.24) is 24.5 Å². The molecule has 2 rings (SSSR count). The van der Waals surface area contributed by atoms with Crippen molar-refractivity contribution in [3.05, 3.63) is 30.1 Å². The fourth-order valence-corrected chi connectivity index (χ4v) is 1.80. The van der Waals surface area contributed by atoms with Gasteiger partial charge in [-0.25, -0.2) is 4.98 Å². The molecule has 0 aliphatic rings. The molecule has 2 aromatic heterocycles. The van der Waals surface area contributed by atoms with Crippen LogP contribution in [0.5, 0.6) is 0 Å². The van der Waals surface area contributed by atoms with E-state index in [1.54, 1.807) is 0 Å². The highest BCUT2D eigenvalue weighted by atomic mass is 35.5. The zero-order valence-corrected chi connectivity index (χ0v) is 10.6. The van der Waals surface area contributed by atoms with Gasteiger partial charge in [-0.05, 0) is 12.8 Å². The molecule has 0 radical (unpaired) electrons. The Bertz CT molecular complexity index is 462. The summed E-state index contributed by atoms with van der Waals surface area (Å²) >= 11 is 5.64. The summed E-state index contributed by atoms with van der Waals surface area (Å²) in [5.74, 6) is 1.72. The molecule has 0 bridgehead atoms. The number of imidazole rings is 1. The number of halogens is 1. The summed E-state index contributed by atoms with van der Waals surface area (Å²) in [7, 11) is 2.00. The molecule has 0 aromatic carbocycles. The second-order valence-corrected chi connectivity index (χ2v) is 4.35. The summed E-state index contributed by atoms with van der Waals surface area (Å²) in [6, 6.07) is 0. The summed E-state index contributed by atoms with van der Waals surface area (Å²) in [5, 5.41) is 8.19. The lowest BCUT2D eigenvalue weighted by Crippen LogP contribution is -2.06. The number of aromatic nitrogens is 5. The molecule has 0 aliphatic carbocycles. The van der Waals surface area contributed by atoms with Crippen molar-refractivity contribution in [2.45, 2.75) is 25.8 Å². The van der Waals surface area contributed by atoms with Gasteiger partial charge in [0.2, 0.25) is 0 Å². The monoisotopic (exact) mass is 253 g/mol. The highest BCUT2D eigenvalue weighted by Gasteiger charge is 2.03. The highest BCUT2D eigenvalue weighted by molar-refractivity contribution is 6.17. The van der Waals surface area contributed by atoms with E-state index >= 15 is 0 Å². The first-order valence-electron chi connectivity index (χ1n) is 5.71. The number of hydrogen-bond donors (Lipinski definition) is 0. The van der Waals surface area contributed by atoms with Crippen molar-refractivity contribution >= 4 is 11.6 Å². The molecule has 92 valence electrons. The largest absolute Gasteiger partial charge is 0.338 e. The first-order valence-corrected chi connectivity index (χ1v) is 6.24. The number of hydrogen-bond acceptors (Lipinski definition) is 3. The van der Waals surface area contributed by atoms with Gasteiger partial charge in [-0.15, -0.1) is 16.7 Å². The van der Waals surface area contributed by atoms with Gasteiger partial charge >= 0.3 is 0 Å². The molecule has 0 atom stereocenters. The van der Waals surface area contributed by atoms with Gasteiger partial charge in [0.25, 0.3) is 0 Å². The quantitative estimate of drug-likeness (QED) is 0.732. The predicted molar refractivity (Wildman–Crippen MR) is 66.0 cm³/mol. The van der Waals surface area contributed by atoms with Crippen molar-refractivity contribution in [2.24, 2.45) is 7.05 Å². The van der Waals surface area contributed by atoms with Crippen molar-refractivity contribution in [1.29, 1.82) is 0 Å². The molecule has 0 unspecified atom stereocenters. The van der Waals surface area contributed by atoms with Gasteiger partial charge in [0.05, 0.1) is 5.69 Å². The number of alkyl halides is 1. The molecule has 6 heteroatoms. The van der Waals surface area contributed by atoms with Crippen LogP contribution in [0.1, 0.15) is 17.9 Å². The predicted octanol–water partition coefficient (Wildman–Crippen LogP) is 1.43. The van der Waals surface area contributed by atoms with Crippen LogP contribution >= 0.6 is 11.6 Å². The number of nitrogens with zero attached hydrogens (tertiary/aromatic N) is 5. The van der Waals surface area contributed by atoms with Gasteiger partial charge in [0, 0.05) is 44.5 Å². The second-order valence-electron chi connectivity index (χ2n) is 3.97. The Labute approximate surface area is 105 Å². The van der Waals surface area contributed by atoms with Gasteiger partial charge in [-0.2, -0.15) is 0 Å². The van der Waals surface area contributed by atoms with Crippen LogP contribution in [-0.4, -0.2) is 30.4 Å². The van der Waals surface area contributed by atoms with Crippen molar-refractivity contribution in [2.75, 3.05) is 5.88 Å². The van der Waals surface area contributed by atoms with Gasteiger partial charge in [-0.3, -0.25) is 4.68 Å². The summed E-state index contributed by atoms with van der Waals surface area (Å²) < 4.78 is 3.88. The van der Waals surface area contributed by atoms with Gasteiger partial charge < -0.3 is 4.57 Å². The minimum atomic E-state index is 0.667. The Hall–Kier alpha value is -1.36. The van der Waals surface area contributed by atoms with Crippen LogP contribution in [0.15, 0.2) is 18.6 Å². The molecule has 0 aliphatic heterocycles. The third-order valence-corrected chi connectivity index (χ3v) is 2.91. The van der Waals surface area contributed by atoms with Crippen molar-refractivity contribution in [3.8, 4) is 0 Å². The van der Waals surface area contributed by atoms with E-state index in [0.717, 1.165) is 37.3 Å². The molecule has 17 heavy (non-hydrogen) atoms. The Balaban J connectivity index is 1.87. The standard InChI is InChI=1S/C11H16ClN5/c1-16-8-6-13-11(16)4-7-17-9-10(14-15-17)3-2-5-12/h6,8-9H,2-5,7H2,1H3. The minimum absolute atomic E-state index is 0.667. The lowest BCUT2D eigenvalue weighted by molar-refractivity contribution is 0.569. The fraction of sp³-hybridized carbons (Fsp3) is 0.545. The SMILES string of the molecule is Cn1ccnc1CCn1cc(CCCCl)nn1. The number of rotatable bonds is 6. The van der Waals surface area contributed by atoms with Gasteiger partial charge in [-0.1, -0.05) is 5.21 Å². The van der Waals surface area contributed by atoms with E-state index in [9.17, 15) is 0 Å². The molecule has 0 N–H and O–H groups in total. The Morgan fingerprint density at radius 2 is 2.24 bits per heavy atom. The first kappa shape index (κ1) is 12.1. The van der Waals surface area contributed by atoms with Crippen LogP contribution in [0.2, 0.25) is 0 Å². The lowest BCUT2D eigenvalue weighted by atomic mass is 10.3. The topological polar surface area (TPSA) is 48.5 Å². The van der Waals surface area contributed by atoms with E-state index in [-0.39, 0.29) is 0 Å². The minimum Gasteiger partial charge on any atom is -0.338 e. The molecule has 2 heterocycles. The molecule has 5 nitrogen and oxygen atoms in total. The van der Waals surface area contributed by atoms with Gasteiger partial charge in [0.1, 0.15) is 5.82 Å². The Kier molecular flexibility index (Phi) is 4.14. The zero-order valence-electron chi connectivity index (χ0n) is 9.88. The lowest BCUT2D eigenvalue weighted by Gasteiger charge is -2.01. The maximum atomic E-state index is 5.64. The Morgan fingerprint density at radius 1 is 1.35 bits per heavy atom. The molecule has 0 saturated heterocycles. The third kappa shape index (κ3) is 3.30. The van der Waals surface area contributed by atoms with Crippen molar-refractivity contribution < 1.29 is 0 Å².